The zero-order valence-electron chi connectivity index (χ0n) is 10.5. The third kappa shape index (κ3) is 1.72. The second-order valence-electron chi connectivity index (χ2n) is 4.89. The zero-order valence-corrected chi connectivity index (χ0v) is 10.5. The maximum absolute atomic E-state index is 4.34. The van der Waals surface area contributed by atoms with E-state index in [9.17, 15) is 0 Å². The smallest absolute Gasteiger partial charge is 0.160 e. The predicted octanol–water partition coefficient (Wildman–Crippen LogP) is 2.12. The molecule has 2 aromatic heterocycles. The summed E-state index contributed by atoms with van der Waals surface area (Å²) in [4.78, 5) is 0. The van der Waals surface area contributed by atoms with Crippen LogP contribution in [-0.4, -0.2) is 14.6 Å². The van der Waals surface area contributed by atoms with Crippen molar-refractivity contribution in [3.8, 4) is 0 Å². The first-order valence-electron chi connectivity index (χ1n) is 6.51. The van der Waals surface area contributed by atoms with Crippen molar-refractivity contribution >= 4 is 5.65 Å². The Bertz CT molecular complexity index is 732. The van der Waals surface area contributed by atoms with Crippen LogP contribution in [0.15, 0.2) is 48.7 Å². The van der Waals surface area contributed by atoms with Crippen LogP contribution in [0.25, 0.3) is 5.65 Å². The van der Waals surface area contributed by atoms with Gasteiger partial charge >= 0.3 is 0 Å². The molecular weight excluding hydrogens is 236 g/mol. The van der Waals surface area contributed by atoms with Crippen molar-refractivity contribution in [1.82, 2.24) is 19.9 Å². The number of nitrogens with zero attached hydrogens (tertiary/aromatic N) is 3. The number of hydrogen-bond acceptors (Lipinski definition) is 3. The van der Waals surface area contributed by atoms with Crippen molar-refractivity contribution < 1.29 is 0 Å². The molecule has 1 aromatic carbocycles. The van der Waals surface area contributed by atoms with E-state index >= 15 is 0 Å². The molecule has 0 radical (unpaired) electrons. The second-order valence-corrected chi connectivity index (χ2v) is 4.89. The summed E-state index contributed by atoms with van der Waals surface area (Å²) in [5.41, 5.74) is 3.68. The van der Waals surface area contributed by atoms with Crippen molar-refractivity contribution in [2.75, 3.05) is 0 Å². The van der Waals surface area contributed by atoms with Gasteiger partial charge in [-0.05, 0) is 29.7 Å². The summed E-state index contributed by atoms with van der Waals surface area (Å²) in [6.45, 7) is 0.891. The van der Waals surface area contributed by atoms with Gasteiger partial charge in [0.1, 0.15) is 0 Å². The molecule has 3 aromatic rings. The van der Waals surface area contributed by atoms with E-state index in [1.807, 2.05) is 24.4 Å². The van der Waals surface area contributed by atoms with Crippen molar-refractivity contribution in [3.63, 3.8) is 0 Å². The average Bonchev–Trinajstić information content (AvgIpc) is 2.91. The first kappa shape index (κ1) is 10.7. The number of fused-ring (bicyclic) bond motifs is 2. The van der Waals surface area contributed by atoms with Gasteiger partial charge in [-0.25, -0.2) is 0 Å². The maximum Gasteiger partial charge on any atom is 0.160 e. The van der Waals surface area contributed by atoms with Crippen LogP contribution in [0.1, 0.15) is 23.0 Å². The van der Waals surface area contributed by atoms with E-state index < -0.39 is 0 Å². The highest BCUT2D eigenvalue weighted by Crippen LogP contribution is 2.24. The fourth-order valence-electron chi connectivity index (χ4n) is 2.73. The molecular formula is C15H14N4. The molecule has 4 rings (SSSR count). The van der Waals surface area contributed by atoms with Gasteiger partial charge in [0.2, 0.25) is 0 Å². The van der Waals surface area contributed by atoms with Crippen LogP contribution in [0.3, 0.4) is 0 Å². The molecule has 0 aliphatic carbocycles. The molecule has 0 spiro atoms. The van der Waals surface area contributed by atoms with E-state index in [4.69, 9.17) is 0 Å². The average molecular weight is 250 g/mol. The largest absolute Gasteiger partial charge is 0.303 e. The summed E-state index contributed by atoms with van der Waals surface area (Å²) >= 11 is 0. The summed E-state index contributed by atoms with van der Waals surface area (Å²) in [5, 5.41) is 12.1. The van der Waals surface area contributed by atoms with Gasteiger partial charge in [0, 0.05) is 12.7 Å². The van der Waals surface area contributed by atoms with Crippen molar-refractivity contribution in [1.29, 1.82) is 0 Å². The topological polar surface area (TPSA) is 42.2 Å². The molecule has 1 aliphatic heterocycles. The van der Waals surface area contributed by atoms with Crippen molar-refractivity contribution in [2.45, 2.75) is 19.0 Å². The molecule has 4 heteroatoms. The summed E-state index contributed by atoms with van der Waals surface area (Å²) < 4.78 is 2.06. The van der Waals surface area contributed by atoms with Gasteiger partial charge in [0.25, 0.3) is 0 Å². The minimum Gasteiger partial charge on any atom is -0.303 e. The fourth-order valence-corrected chi connectivity index (χ4v) is 2.73. The van der Waals surface area contributed by atoms with Gasteiger partial charge in [0.05, 0.1) is 6.04 Å². The molecule has 1 unspecified atom stereocenters. The van der Waals surface area contributed by atoms with Gasteiger partial charge in [-0.15, -0.1) is 10.2 Å². The Morgan fingerprint density at radius 3 is 2.79 bits per heavy atom. The number of aromatic nitrogens is 3. The normalized spacial score (nSPS) is 18.4. The van der Waals surface area contributed by atoms with E-state index in [0.717, 1.165) is 24.4 Å². The van der Waals surface area contributed by atoms with Crippen LogP contribution >= 0.6 is 0 Å². The van der Waals surface area contributed by atoms with E-state index in [-0.39, 0.29) is 6.04 Å². The van der Waals surface area contributed by atoms with E-state index in [1.165, 1.54) is 11.1 Å². The van der Waals surface area contributed by atoms with Crippen LogP contribution < -0.4 is 5.32 Å². The molecule has 1 atom stereocenters. The minimum atomic E-state index is 0.229. The van der Waals surface area contributed by atoms with Crippen LogP contribution in [-0.2, 0) is 13.0 Å². The lowest BCUT2D eigenvalue weighted by molar-refractivity contribution is 0.473. The van der Waals surface area contributed by atoms with Gasteiger partial charge < -0.3 is 5.32 Å². The first-order valence-corrected chi connectivity index (χ1v) is 6.51. The van der Waals surface area contributed by atoms with Crippen molar-refractivity contribution in [3.05, 3.63) is 65.6 Å². The predicted molar refractivity (Wildman–Crippen MR) is 72.7 cm³/mol. The minimum absolute atomic E-state index is 0.229. The second kappa shape index (κ2) is 4.17. The van der Waals surface area contributed by atoms with E-state index in [2.05, 4.69) is 44.2 Å². The Morgan fingerprint density at radius 1 is 1.00 bits per heavy atom. The van der Waals surface area contributed by atoms with Crippen LogP contribution in [0.4, 0.5) is 0 Å². The molecule has 0 amide bonds. The quantitative estimate of drug-likeness (QED) is 0.719. The Kier molecular flexibility index (Phi) is 2.35. The van der Waals surface area contributed by atoms with Gasteiger partial charge in [-0.3, -0.25) is 4.40 Å². The monoisotopic (exact) mass is 250 g/mol. The number of rotatable bonds is 1. The molecule has 0 saturated carbocycles. The number of pyridine rings is 1. The molecule has 1 aliphatic rings. The molecule has 94 valence electrons. The Hall–Kier alpha value is -2.20. The van der Waals surface area contributed by atoms with E-state index in [0.29, 0.717) is 0 Å². The highest BCUT2D eigenvalue weighted by molar-refractivity contribution is 5.38. The van der Waals surface area contributed by atoms with E-state index in [1.54, 1.807) is 0 Å². The van der Waals surface area contributed by atoms with Gasteiger partial charge in [-0.2, -0.15) is 0 Å². The molecule has 0 bridgehead atoms. The molecule has 4 nitrogen and oxygen atoms in total. The van der Waals surface area contributed by atoms with Gasteiger partial charge in [-0.1, -0.05) is 30.3 Å². The maximum atomic E-state index is 4.34. The van der Waals surface area contributed by atoms with Crippen molar-refractivity contribution in [2.24, 2.45) is 0 Å². The zero-order chi connectivity index (χ0) is 12.7. The summed E-state index contributed by atoms with van der Waals surface area (Å²) in [6, 6.07) is 14.8. The SMILES string of the molecule is c1ccc2c(c1)CNC(c1nnc3ccccn13)C2. The van der Waals surface area contributed by atoms with Gasteiger partial charge in [0.15, 0.2) is 11.5 Å². The van der Waals surface area contributed by atoms with Crippen LogP contribution in [0.5, 0.6) is 0 Å². The lowest BCUT2D eigenvalue weighted by atomic mass is 9.95. The number of nitrogens with one attached hydrogen (secondary N) is 1. The molecule has 0 fully saturated rings. The Balaban J connectivity index is 1.75. The standard InChI is InChI=1S/C15H14N4/c1-2-6-12-10-16-13(9-11(12)5-1)15-18-17-14-7-3-4-8-19(14)15/h1-8,13,16H,9-10H2. The molecule has 3 heterocycles. The molecule has 19 heavy (non-hydrogen) atoms. The number of hydrogen-bond donors (Lipinski definition) is 1. The lowest BCUT2D eigenvalue weighted by Crippen LogP contribution is -2.29. The Morgan fingerprint density at radius 2 is 1.84 bits per heavy atom. The number of benzene rings is 1. The highest BCUT2D eigenvalue weighted by atomic mass is 15.3. The summed E-state index contributed by atoms with van der Waals surface area (Å²) in [7, 11) is 0. The Labute approximate surface area is 111 Å². The molecule has 0 saturated heterocycles. The highest BCUT2D eigenvalue weighted by Gasteiger charge is 2.23. The third-order valence-electron chi connectivity index (χ3n) is 3.73. The van der Waals surface area contributed by atoms with Crippen LogP contribution in [0, 0.1) is 0 Å². The van der Waals surface area contributed by atoms with Crippen LogP contribution in [0.2, 0.25) is 0 Å². The molecule has 1 N–H and O–H groups in total. The summed E-state index contributed by atoms with van der Waals surface area (Å²) in [5.74, 6) is 0.991. The third-order valence-corrected chi connectivity index (χ3v) is 3.73. The lowest BCUT2D eigenvalue weighted by Gasteiger charge is -2.24. The fraction of sp³-hybridized carbons (Fsp3) is 0.200. The summed E-state index contributed by atoms with van der Waals surface area (Å²) in [6.07, 6.45) is 2.98. The first-order chi connectivity index (χ1) is 9.42.